The molecule has 2 aromatic rings. The summed E-state index contributed by atoms with van der Waals surface area (Å²) >= 11 is 7.79. The maximum absolute atomic E-state index is 6.17. The molecule has 1 unspecified atom stereocenters. The molecule has 0 fully saturated rings. The van der Waals surface area contributed by atoms with Crippen LogP contribution < -0.4 is 5.32 Å². The Balaban J connectivity index is 2.33. The van der Waals surface area contributed by atoms with Gasteiger partial charge in [0.25, 0.3) is 0 Å². The van der Waals surface area contributed by atoms with Crippen LogP contribution in [0.4, 0.5) is 0 Å². The molecule has 0 amide bonds. The second kappa shape index (κ2) is 6.94. The van der Waals surface area contributed by atoms with E-state index in [1.807, 2.05) is 25.2 Å². The average Bonchev–Trinajstić information content (AvgIpc) is 2.44. The summed E-state index contributed by atoms with van der Waals surface area (Å²) in [7, 11) is 1.99. The van der Waals surface area contributed by atoms with Crippen molar-refractivity contribution in [2.45, 2.75) is 29.3 Å². The van der Waals surface area contributed by atoms with Crippen LogP contribution in [0.3, 0.4) is 0 Å². The summed E-state index contributed by atoms with van der Waals surface area (Å²) in [6.07, 6.45) is 2.82. The zero-order chi connectivity index (χ0) is 13.7. The van der Waals surface area contributed by atoms with Gasteiger partial charge in [-0.25, -0.2) is 4.98 Å². The Hall–Kier alpha value is -1.03. The van der Waals surface area contributed by atoms with Crippen molar-refractivity contribution >= 4 is 23.4 Å². The lowest BCUT2D eigenvalue weighted by Gasteiger charge is -2.18. The van der Waals surface area contributed by atoms with Crippen LogP contribution >= 0.6 is 23.4 Å². The fourth-order valence-electron chi connectivity index (χ4n) is 1.99. The Morgan fingerprint density at radius 2 is 2.05 bits per heavy atom. The maximum Gasteiger partial charge on any atom is 0.119 e. The highest BCUT2D eigenvalue weighted by molar-refractivity contribution is 7.99. The van der Waals surface area contributed by atoms with Crippen LogP contribution in [0.2, 0.25) is 5.02 Å². The second-order valence-corrected chi connectivity index (χ2v) is 5.62. The third-order valence-corrected chi connectivity index (χ3v) is 4.51. The number of halogens is 1. The molecule has 1 aromatic carbocycles. The van der Waals surface area contributed by atoms with Gasteiger partial charge in [0, 0.05) is 17.1 Å². The number of nitrogens with zero attached hydrogens (tertiary/aromatic N) is 1. The molecule has 19 heavy (non-hydrogen) atoms. The maximum atomic E-state index is 6.17. The summed E-state index contributed by atoms with van der Waals surface area (Å²) in [5.41, 5.74) is 1.29. The number of benzene rings is 1. The van der Waals surface area contributed by atoms with E-state index in [1.165, 1.54) is 10.5 Å². The van der Waals surface area contributed by atoms with Gasteiger partial charge in [-0.3, -0.25) is 0 Å². The Kier molecular flexibility index (Phi) is 5.25. The van der Waals surface area contributed by atoms with Crippen LogP contribution in [-0.4, -0.2) is 12.0 Å². The number of pyridine rings is 1. The lowest BCUT2D eigenvalue weighted by Crippen LogP contribution is -2.15. The monoisotopic (exact) mass is 292 g/mol. The largest absolute Gasteiger partial charge is 0.313 e. The van der Waals surface area contributed by atoms with Gasteiger partial charge in [-0.15, -0.1) is 0 Å². The van der Waals surface area contributed by atoms with Crippen molar-refractivity contribution in [2.75, 3.05) is 7.05 Å². The predicted octanol–water partition coefficient (Wildman–Crippen LogP) is 4.56. The van der Waals surface area contributed by atoms with Gasteiger partial charge in [0.05, 0.1) is 5.02 Å². The molecule has 0 spiro atoms. The average molecular weight is 293 g/mol. The van der Waals surface area contributed by atoms with Gasteiger partial charge in [0.1, 0.15) is 5.03 Å². The van der Waals surface area contributed by atoms with E-state index in [4.69, 9.17) is 11.6 Å². The quantitative estimate of drug-likeness (QED) is 0.874. The topological polar surface area (TPSA) is 24.9 Å². The van der Waals surface area contributed by atoms with Crippen LogP contribution in [0.25, 0.3) is 0 Å². The number of nitrogens with one attached hydrogen (secondary N) is 1. The van der Waals surface area contributed by atoms with E-state index in [-0.39, 0.29) is 0 Å². The molecule has 0 saturated carbocycles. The van der Waals surface area contributed by atoms with Crippen molar-refractivity contribution in [1.29, 1.82) is 0 Å². The van der Waals surface area contributed by atoms with Crippen LogP contribution in [0.15, 0.2) is 52.5 Å². The third kappa shape index (κ3) is 3.50. The standard InChI is InChI=1S/C15H17ClN2S/c1-3-13(17-2)11-7-4-5-9-14(11)19-15-12(16)8-6-10-18-15/h4-10,13,17H,3H2,1-2H3. The first-order chi connectivity index (χ1) is 9.26. The van der Waals surface area contributed by atoms with Gasteiger partial charge in [-0.1, -0.05) is 48.5 Å². The number of rotatable bonds is 5. The van der Waals surface area contributed by atoms with E-state index in [2.05, 4.69) is 35.4 Å². The Morgan fingerprint density at radius 3 is 2.74 bits per heavy atom. The molecule has 100 valence electrons. The van der Waals surface area contributed by atoms with Crippen molar-refractivity contribution in [3.8, 4) is 0 Å². The number of hydrogen-bond acceptors (Lipinski definition) is 3. The highest BCUT2D eigenvalue weighted by Crippen LogP contribution is 2.35. The minimum atomic E-state index is 0.353. The summed E-state index contributed by atoms with van der Waals surface area (Å²) in [4.78, 5) is 5.53. The summed E-state index contributed by atoms with van der Waals surface area (Å²) in [5.74, 6) is 0. The summed E-state index contributed by atoms with van der Waals surface area (Å²) in [6.45, 7) is 2.18. The minimum absolute atomic E-state index is 0.353. The molecular weight excluding hydrogens is 276 g/mol. The van der Waals surface area contributed by atoms with Gasteiger partial charge < -0.3 is 5.32 Å². The third-order valence-electron chi connectivity index (χ3n) is 2.98. The van der Waals surface area contributed by atoms with Gasteiger partial charge in [-0.2, -0.15) is 0 Å². The van der Waals surface area contributed by atoms with Crippen LogP contribution in [0, 0.1) is 0 Å². The predicted molar refractivity (Wildman–Crippen MR) is 81.9 cm³/mol. The van der Waals surface area contributed by atoms with E-state index >= 15 is 0 Å². The van der Waals surface area contributed by atoms with Gasteiger partial charge in [0.15, 0.2) is 0 Å². The molecule has 2 rings (SSSR count). The van der Waals surface area contributed by atoms with E-state index < -0.39 is 0 Å². The summed E-state index contributed by atoms with van der Waals surface area (Å²) in [5, 5.41) is 4.89. The van der Waals surface area contributed by atoms with E-state index in [9.17, 15) is 0 Å². The molecular formula is C15H17ClN2S. The van der Waals surface area contributed by atoms with E-state index in [1.54, 1.807) is 18.0 Å². The van der Waals surface area contributed by atoms with Crippen molar-refractivity contribution in [3.05, 3.63) is 53.2 Å². The summed E-state index contributed by atoms with van der Waals surface area (Å²) < 4.78 is 0. The van der Waals surface area contributed by atoms with Crippen LogP contribution in [0.5, 0.6) is 0 Å². The van der Waals surface area contributed by atoms with Gasteiger partial charge in [-0.05, 0) is 37.2 Å². The molecule has 1 heterocycles. The van der Waals surface area contributed by atoms with E-state index in [0.29, 0.717) is 11.1 Å². The lowest BCUT2D eigenvalue weighted by atomic mass is 10.1. The Bertz CT molecular complexity index is 541. The highest BCUT2D eigenvalue weighted by Gasteiger charge is 2.13. The Labute approximate surface area is 123 Å². The summed E-state index contributed by atoms with van der Waals surface area (Å²) in [6, 6.07) is 12.5. The van der Waals surface area contributed by atoms with Crippen molar-refractivity contribution < 1.29 is 0 Å². The van der Waals surface area contributed by atoms with Crippen molar-refractivity contribution in [3.63, 3.8) is 0 Å². The number of aromatic nitrogens is 1. The first-order valence-electron chi connectivity index (χ1n) is 6.30. The lowest BCUT2D eigenvalue weighted by molar-refractivity contribution is 0.568. The fraction of sp³-hybridized carbons (Fsp3) is 0.267. The zero-order valence-electron chi connectivity index (χ0n) is 11.1. The molecule has 4 heteroatoms. The molecule has 1 atom stereocenters. The van der Waals surface area contributed by atoms with E-state index in [0.717, 1.165) is 11.4 Å². The number of hydrogen-bond donors (Lipinski definition) is 1. The Morgan fingerprint density at radius 1 is 1.26 bits per heavy atom. The molecule has 1 aromatic heterocycles. The first kappa shape index (κ1) is 14.4. The molecule has 0 radical (unpaired) electrons. The normalized spacial score (nSPS) is 12.4. The van der Waals surface area contributed by atoms with Crippen LogP contribution in [0.1, 0.15) is 24.9 Å². The zero-order valence-corrected chi connectivity index (χ0v) is 12.6. The second-order valence-electron chi connectivity index (χ2n) is 4.18. The first-order valence-corrected chi connectivity index (χ1v) is 7.50. The minimum Gasteiger partial charge on any atom is -0.313 e. The van der Waals surface area contributed by atoms with Crippen molar-refractivity contribution in [2.24, 2.45) is 0 Å². The molecule has 0 bridgehead atoms. The smallest absolute Gasteiger partial charge is 0.119 e. The molecule has 0 aliphatic carbocycles. The van der Waals surface area contributed by atoms with Crippen LogP contribution in [-0.2, 0) is 0 Å². The van der Waals surface area contributed by atoms with Crippen molar-refractivity contribution in [1.82, 2.24) is 10.3 Å². The fourth-order valence-corrected chi connectivity index (χ4v) is 3.19. The molecule has 0 saturated heterocycles. The molecule has 0 aliphatic rings. The van der Waals surface area contributed by atoms with Gasteiger partial charge in [0.2, 0.25) is 0 Å². The van der Waals surface area contributed by atoms with Gasteiger partial charge >= 0.3 is 0 Å². The SMILES string of the molecule is CCC(NC)c1ccccc1Sc1ncccc1Cl. The molecule has 2 nitrogen and oxygen atoms in total. The highest BCUT2D eigenvalue weighted by atomic mass is 35.5. The molecule has 1 N–H and O–H groups in total. The molecule has 0 aliphatic heterocycles.